The maximum atomic E-state index is 13.0. The second kappa shape index (κ2) is 7.75. The van der Waals surface area contributed by atoms with Crippen molar-refractivity contribution in [3.63, 3.8) is 0 Å². The van der Waals surface area contributed by atoms with Crippen LogP contribution in [0.2, 0.25) is 0 Å². The van der Waals surface area contributed by atoms with Crippen LogP contribution in [0, 0.1) is 0 Å². The quantitative estimate of drug-likeness (QED) is 0.471. The van der Waals surface area contributed by atoms with Gasteiger partial charge in [0, 0.05) is 12.7 Å². The highest BCUT2D eigenvalue weighted by molar-refractivity contribution is 6.11. The van der Waals surface area contributed by atoms with Gasteiger partial charge >= 0.3 is 0 Å². The van der Waals surface area contributed by atoms with E-state index < -0.39 is 5.54 Å². The summed E-state index contributed by atoms with van der Waals surface area (Å²) >= 11 is 0. The van der Waals surface area contributed by atoms with Crippen LogP contribution in [0.15, 0.2) is 72.9 Å². The van der Waals surface area contributed by atoms with E-state index in [-0.39, 0.29) is 18.4 Å². The Labute approximate surface area is 148 Å². The molecule has 1 saturated heterocycles. The molecule has 0 aliphatic carbocycles. The van der Waals surface area contributed by atoms with Crippen molar-refractivity contribution in [3.8, 4) is 0 Å². The molecule has 0 radical (unpaired) electrons. The molecule has 25 heavy (non-hydrogen) atoms. The molecule has 0 spiro atoms. The first kappa shape index (κ1) is 18.4. The second-order valence-corrected chi connectivity index (χ2v) is 6.18. The number of carbonyl (C=O) groups is 2. The average molecular weight is 337 g/mol. The lowest BCUT2D eigenvalue weighted by Crippen LogP contribution is -2.66. The van der Waals surface area contributed by atoms with Crippen molar-refractivity contribution in [3.05, 3.63) is 73.5 Å². The lowest BCUT2D eigenvalue weighted by atomic mass is 9.96. The van der Waals surface area contributed by atoms with Crippen molar-refractivity contribution in [1.29, 1.82) is 0 Å². The summed E-state index contributed by atoms with van der Waals surface area (Å²) in [6.07, 6.45) is 6.22. The van der Waals surface area contributed by atoms with Gasteiger partial charge < -0.3 is 4.90 Å². The first-order valence-electron chi connectivity index (χ1n) is 8.06. The number of rotatable bonds is 5. The number of amides is 2. The number of piperazine rings is 1. The van der Waals surface area contributed by atoms with E-state index in [9.17, 15) is 9.59 Å². The van der Waals surface area contributed by atoms with Gasteiger partial charge in [-0.05, 0) is 31.6 Å². The maximum Gasteiger partial charge on any atom is 0.254 e. The number of carbonyl (C=O) groups excluding carboxylic acids is 2. The zero-order chi connectivity index (χ0) is 18.4. The summed E-state index contributed by atoms with van der Waals surface area (Å²) in [4.78, 5) is 32.9. The fourth-order valence-electron chi connectivity index (χ4n) is 2.70. The van der Waals surface area contributed by atoms with E-state index in [0.717, 1.165) is 5.56 Å². The molecule has 0 bridgehead atoms. The molecule has 1 heterocycles. The van der Waals surface area contributed by atoms with Gasteiger partial charge in [0.1, 0.15) is 17.9 Å². The smallest absolute Gasteiger partial charge is 0.254 e. The molecule has 0 N–H and O–H groups in total. The minimum atomic E-state index is -0.975. The number of aliphatic imine (C=N–C) groups is 1. The monoisotopic (exact) mass is 337 g/mol. The SMILES string of the molecule is C=C/C=C\N=C(C=C)N1CC(=O)N(Cc2ccccc2)C(C)(C)C1=O. The van der Waals surface area contributed by atoms with E-state index in [4.69, 9.17) is 0 Å². The molecular weight excluding hydrogens is 314 g/mol. The topological polar surface area (TPSA) is 53.0 Å². The van der Waals surface area contributed by atoms with Gasteiger partial charge in [0.2, 0.25) is 5.91 Å². The molecule has 1 aliphatic rings. The van der Waals surface area contributed by atoms with Crippen LogP contribution in [-0.4, -0.2) is 39.5 Å². The number of benzene rings is 1. The zero-order valence-electron chi connectivity index (χ0n) is 14.7. The van der Waals surface area contributed by atoms with Crippen LogP contribution < -0.4 is 0 Å². The predicted molar refractivity (Wildman–Crippen MR) is 99.8 cm³/mol. The van der Waals surface area contributed by atoms with Crippen molar-refractivity contribution < 1.29 is 9.59 Å². The summed E-state index contributed by atoms with van der Waals surface area (Å²) in [6, 6.07) is 9.63. The predicted octanol–water partition coefficient (Wildman–Crippen LogP) is 2.92. The molecule has 1 aromatic carbocycles. The van der Waals surface area contributed by atoms with Crippen LogP contribution in [-0.2, 0) is 16.1 Å². The Balaban J connectivity index is 2.29. The van der Waals surface area contributed by atoms with Crippen LogP contribution >= 0.6 is 0 Å². The van der Waals surface area contributed by atoms with Gasteiger partial charge in [0.05, 0.1) is 0 Å². The molecule has 0 saturated carbocycles. The van der Waals surface area contributed by atoms with Crippen molar-refractivity contribution in [2.75, 3.05) is 6.54 Å². The molecule has 2 amide bonds. The third kappa shape index (κ3) is 3.94. The summed E-state index contributed by atoms with van der Waals surface area (Å²) in [6.45, 7) is 11.1. The standard InChI is InChI=1S/C20H23N3O2/c1-5-7-13-21-17(6-2)22-15-18(24)23(20(3,4)19(22)25)14-16-11-9-8-10-12-16/h5-13H,1-2,14-15H2,3-4H3/b13-7-,21-17?. The van der Waals surface area contributed by atoms with Gasteiger partial charge in [-0.15, -0.1) is 0 Å². The van der Waals surface area contributed by atoms with Gasteiger partial charge in [0.25, 0.3) is 5.91 Å². The second-order valence-electron chi connectivity index (χ2n) is 6.18. The van der Waals surface area contributed by atoms with Crippen molar-refractivity contribution >= 4 is 17.6 Å². The lowest BCUT2D eigenvalue weighted by molar-refractivity contribution is -0.159. The summed E-state index contributed by atoms with van der Waals surface area (Å²) in [5, 5.41) is 0. The Morgan fingerprint density at radius 1 is 1.24 bits per heavy atom. The summed E-state index contributed by atoms with van der Waals surface area (Å²) in [5.41, 5.74) is 0.00796. The molecule has 2 rings (SSSR count). The summed E-state index contributed by atoms with van der Waals surface area (Å²) < 4.78 is 0. The Morgan fingerprint density at radius 3 is 2.52 bits per heavy atom. The number of nitrogens with zero attached hydrogens (tertiary/aromatic N) is 3. The third-order valence-corrected chi connectivity index (χ3v) is 4.11. The van der Waals surface area contributed by atoms with Gasteiger partial charge in [-0.3, -0.25) is 14.5 Å². The van der Waals surface area contributed by atoms with Crippen LogP contribution in [0.1, 0.15) is 19.4 Å². The van der Waals surface area contributed by atoms with Crippen LogP contribution in [0.25, 0.3) is 0 Å². The Bertz CT molecular complexity index is 733. The van der Waals surface area contributed by atoms with E-state index in [0.29, 0.717) is 12.4 Å². The normalized spacial score (nSPS) is 17.9. The van der Waals surface area contributed by atoms with Crippen LogP contribution in [0.4, 0.5) is 0 Å². The van der Waals surface area contributed by atoms with Gasteiger partial charge in [-0.25, -0.2) is 4.99 Å². The first-order valence-corrected chi connectivity index (χ1v) is 8.06. The third-order valence-electron chi connectivity index (χ3n) is 4.11. The van der Waals surface area contributed by atoms with E-state index in [1.165, 1.54) is 17.2 Å². The lowest BCUT2D eigenvalue weighted by Gasteiger charge is -2.45. The van der Waals surface area contributed by atoms with Crippen molar-refractivity contribution in [1.82, 2.24) is 9.80 Å². The summed E-state index contributed by atoms with van der Waals surface area (Å²) in [5.74, 6) is 0.0354. The Hall–Kier alpha value is -2.95. The number of hydrogen-bond donors (Lipinski definition) is 0. The molecular formula is C20H23N3O2. The molecule has 1 fully saturated rings. The molecule has 130 valence electrons. The molecule has 0 aromatic heterocycles. The fraction of sp³-hybridized carbons (Fsp3) is 0.250. The highest BCUT2D eigenvalue weighted by Crippen LogP contribution is 2.26. The van der Waals surface area contributed by atoms with Crippen LogP contribution in [0.3, 0.4) is 0 Å². The number of amidine groups is 1. The largest absolute Gasteiger partial charge is 0.323 e. The first-order chi connectivity index (χ1) is 11.9. The van der Waals surface area contributed by atoms with E-state index in [1.807, 2.05) is 30.3 Å². The van der Waals surface area contributed by atoms with Gasteiger partial charge in [0.15, 0.2) is 0 Å². The zero-order valence-corrected chi connectivity index (χ0v) is 14.7. The van der Waals surface area contributed by atoms with E-state index in [1.54, 1.807) is 30.9 Å². The molecule has 1 aromatic rings. The maximum absolute atomic E-state index is 13.0. The molecule has 5 nitrogen and oxygen atoms in total. The molecule has 1 aliphatic heterocycles. The van der Waals surface area contributed by atoms with Gasteiger partial charge in [-0.1, -0.05) is 49.6 Å². The minimum Gasteiger partial charge on any atom is -0.323 e. The van der Waals surface area contributed by atoms with Crippen LogP contribution in [0.5, 0.6) is 0 Å². The van der Waals surface area contributed by atoms with E-state index >= 15 is 0 Å². The number of allylic oxidation sites excluding steroid dienone is 2. The average Bonchev–Trinajstić information content (AvgIpc) is 2.60. The Kier molecular flexibility index (Phi) is 5.70. The number of hydrogen-bond acceptors (Lipinski definition) is 3. The highest BCUT2D eigenvalue weighted by atomic mass is 16.2. The van der Waals surface area contributed by atoms with E-state index in [2.05, 4.69) is 18.2 Å². The molecule has 0 unspecified atom stereocenters. The fourth-order valence-corrected chi connectivity index (χ4v) is 2.70. The summed E-state index contributed by atoms with van der Waals surface area (Å²) in [7, 11) is 0. The van der Waals surface area contributed by atoms with Gasteiger partial charge in [-0.2, -0.15) is 0 Å². The highest BCUT2D eigenvalue weighted by Gasteiger charge is 2.46. The van der Waals surface area contributed by atoms with Crippen molar-refractivity contribution in [2.24, 2.45) is 4.99 Å². The Morgan fingerprint density at radius 2 is 1.92 bits per heavy atom. The minimum absolute atomic E-state index is 0.0537. The molecule has 5 heteroatoms. The van der Waals surface area contributed by atoms with Crippen molar-refractivity contribution in [2.45, 2.75) is 25.9 Å². The molecule has 0 atom stereocenters.